The largest absolute Gasteiger partial charge is 0.496 e. The first-order chi connectivity index (χ1) is 10.0. The number of aryl methyl sites for hydroxylation is 2. The van der Waals surface area contributed by atoms with Crippen LogP contribution in [0.25, 0.3) is 0 Å². The number of methoxy groups -OCH3 is 1. The summed E-state index contributed by atoms with van der Waals surface area (Å²) >= 11 is 5.84. The van der Waals surface area contributed by atoms with Crippen LogP contribution in [-0.4, -0.2) is 13.7 Å². The molecule has 1 atom stereocenters. The molecule has 0 heterocycles. The van der Waals surface area contributed by atoms with E-state index in [0.717, 1.165) is 28.2 Å². The maximum Gasteiger partial charge on any atom is 0.122 e. The predicted octanol–water partition coefficient (Wildman–Crippen LogP) is 4.04. The second-order valence-corrected chi connectivity index (χ2v) is 5.49. The summed E-state index contributed by atoms with van der Waals surface area (Å²) in [6.45, 7) is 4.45. The summed E-state index contributed by atoms with van der Waals surface area (Å²) in [5, 5.41) is 0.688. The lowest BCUT2D eigenvalue weighted by molar-refractivity contribution is 0.290. The van der Waals surface area contributed by atoms with Crippen LogP contribution in [0.1, 0.15) is 22.7 Å². The minimum absolute atomic E-state index is 0.190. The van der Waals surface area contributed by atoms with E-state index >= 15 is 0 Å². The Hall–Kier alpha value is -1.71. The summed E-state index contributed by atoms with van der Waals surface area (Å²) in [4.78, 5) is 0. The van der Waals surface area contributed by atoms with Gasteiger partial charge in [-0.1, -0.05) is 17.7 Å². The lowest BCUT2D eigenvalue weighted by atomic mass is 9.99. The van der Waals surface area contributed by atoms with E-state index in [2.05, 4.69) is 6.07 Å². The van der Waals surface area contributed by atoms with Crippen LogP contribution in [0.4, 0.5) is 0 Å². The summed E-state index contributed by atoms with van der Waals surface area (Å²) in [6.07, 6.45) is 0. The normalized spacial score (nSPS) is 12.0. The molecule has 21 heavy (non-hydrogen) atoms. The Morgan fingerprint density at radius 3 is 2.38 bits per heavy atom. The van der Waals surface area contributed by atoms with Gasteiger partial charge in [0.05, 0.1) is 13.2 Å². The molecule has 2 aromatic rings. The zero-order chi connectivity index (χ0) is 15.4. The number of benzene rings is 2. The van der Waals surface area contributed by atoms with Gasteiger partial charge in [0.15, 0.2) is 0 Å². The van der Waals surface area contributed by atoms with E-state index in [1.54, 1.807) is 19.2 Å². The van der Waals surface area contributed by atoms with Crippen molar-refractivity contribution in [2.24, 2.45) is 5.73 Å². The first kappa shape index (κ1) is 15.7. The van der Waals surface area contributed by atoms with Crippen LogP contribution < -0.4 is 15.2 Å². The van der Waals surface area contributed by atoms with Crippen LogP contribution in [0.15, 0.2) is 36.4 Å². The topological polar surface area (TPSA) is 44.5 Å². The third-order valence-corrected chi connectivity index (χ3v) is 3.68. The van der Waals surface area contributed by atoms with Crippen molar-refractivity contribution in [2.45, 2.75) is 19.9 Å². The lowest BCUT2D eigenvalue weighted by Gasteiger charge is -2.18. The molecule has 3 nitrogen and oxygen atoms in total. The van der Waals surface area contributed by atoms with Crippen molar-refractivity contribution >= 4 is 11.6 Å². The van der Waals surface area contributed by atoms with E-state index < -0.39 is 0 Å². The fourth-order valence-corrected chi connectivity index (χ4v) is 2.36. The minimum Gasteiger partial charge on any atom is -0.496 e. The van der Waals surface area contributed by atoms with Gasteiger partial charge in [-0.25, -0.2) is 0 Å². The highest BCUT2D eigenvalue weighted by Crippen LogP contribution is 2.26. The van der Waals surface area contributed by atoms with Gasteiger partial charge >= 0.3 is 0 Å². The molecular formula is C17H20ClNO2. The number of hydrogen-bond acceptors (Lipinski definition) is 3. The molecule has 2 aromatic carbocycles. The molecule has 2 N–H and O–H groups in total. The van der Waals surface area contributed by atoms with Gasteiger partial charge in [0, 0.05) is 5.02 Å². The fourth-order valence-electron chi connectivity index (χ4n) is 2.24. The van der Waals surface area contributed by atoms with Crippen LogP contribution in [0.2, 0.25) is 5.02 Å². The van der Waals surface area contributed by atoms with Crippen molar-refractivity contribution in [3.05, 3.63) is 58.1 Å². The molecule has 0 saturated heterocycles. The maximum atomic E-state index is 6.24. The Bertz CT molecular complexity index is 611. The zero-order valence-electron chi connectivity index (χ0n) is 12.5. The Morgan fingerprint density at radius 1 is 1.10 bits per heavy atom. The summed E-state index contributed by atoms with van der Waals surface area (Å²) < 4.78 is 11.0. The maximum absolute atomic E-state index is 6.24. The smallest absolute Gasteiger partial charge is 0.122 e. The van der Waals surface area contributed by atoms with Crippen LogP contribution in [0.5, 0.6) is 11.5 Å². The van der Waals surface area contributed by atoms with Crippen molar-refractivity contribution in [1.82, 2.24) is 0 Å². The highest BCUT2D eigenvalue weighted by molar-refractivity contribution is 6.30. The molecule has 0 amide bonds. The summed E-state index contributed by atoms with van der Waals surface area (Å²) in [5.41, 5.74) is 9.48. The zero-order valence-corrected chi connectivity index (χ0v) is 13.3. The molecule has 0 aliphatic carbocycles. The van der Waals surface area contributed by atoms with Gasteiger partial charge in [-0.3, -0.25) is 0 Å². The average molecular weight is 306 g/mol. The third-order valence-electron chi connectivity index (χ3n) is 3.43. The van der Waals surface area contributed by atoms with E-state index in [4.69, 9.17) is 26.8 Å². The molecule has 0 saturated carbocycles. The Morgan fingerprint density at radius 2 is 1.76 bits per heavy atom. The number of ether oxygens (including phenoxy) is 2. The van der Waals surface area contributed by atoms with Crippen LogP contribution >= 0.6 is 11.6 Å². The number of nitrogens with two attached hydrogens (primary N) is 1. The second-order valence-electron chi connectivity index (χ2n) is 5.05. The third kappa shape index (κ3) is 3.90. The van der Waals surface area contributed by atoms with Crippen molar-refractivity contribution < 1.29 is 9.47 Å². The highest BCUT2D eigenvalue weighted by Gasteiger charge is 2.12. The Balaban J connectivity index is 2.08. The predicted molar refractivity (Wildman–Crippen MR) is 86.3 cm³/mol. The fraction of sp³-hybridized carbons (Fsp3) is 0.294. The van der Waals surface area contributed by atoms with E-state index in [9.17, 15) is 0 Å². The van der Waals surface area contributed by atoms with Crippen molar-refractivity contribution in [3.63, 3.8) is 0 Å². The molecule has 0 fully saturated rings. The van der Waals surface area contributed by atoms with Gasteiger partial charge in [-0.15, -0.1) is 0 Å². The Labute approximate surface area is 130 Å². The molecule has 0 bridgehead atoms. The monoisotopic (exact) mass is 305 g/mol. The molecular weight excluding hydrogens is 286 g/mol. The van der Waals surface area contributed by atoms with Crippen LogP contribution in [-0.2, 0) is 0 Å². The van der Waals surface area contributed by atoms with Crippen molar-refractivity contribution in [1.29, 1.82) is 0 Å². The van der Waals surface area contributed by atoms with Gasteiger partial charge in [0.1, 0.15) is 18.1 Å². The van der Waals surface area contributed by atoms with Gasteiger partial charge in [-0.2, -0.15) is 0 Å². The molecule has 0 spiro atoms. The standard InChI is InChI=1S/C17H20ClNO2/c1-11-9-17(20-3)12(2)8-15(11)16(19)10-21-14-6-4-13(18)5-7-14/h4-9,16H,10,19H2,1-3H3. The number of rotatable bonds is 5. The van der Waals surface area contributed by atoms with E-state index in [-0.39, 0.29) is 6.04 Å². The van der Waals surface area contributed by atoms with Gasteiger partial charge in [0.25, 0.3) is 0 Å². The first-order valence-corrected chi connectivity index (χ1v) is 7.18. The summed E-state index contributed by atoms with van der Waals surface area (Å²) in [5.74, 6) is 1.64. The van der Waals surface area contributed by atoms with Crippen molar-refractivity contribution in [3.8, 4) is 11.5 Å². The first-order valence-electron chi connectivity index (χ1n) is 6.80. The molecule has 1 unspecified atom stereocenters. The van der Waals surface area contributed by atoms with Crippen LogP contribution in [0.3, 0.4) is 0 Å². The van der Waals surface area contributed by atoms with Gasteiger partial charge in [-0.05, 0) is 60.9 Å². The van der Waals surface area contributed by atoms with Crippen molar-refractivity contribution in [2.75, 3.05) is 13.7 Å². The second kappa shape index (κ2) is 6.83. The lowest BCUT2D eigenvalue weighted by Crippen LogP contribution is -2.20. The molecule has 0 aliphatic rings. The Kier molecular flexibility index (Phi) is 5.10. The summed E-state index contributed by atoms with van der Waals surface area (Å²) in [7, 11) is 1.67. The molecule has 4 heteroatoms. The summed E-state index contributed by atoms with van der Waals surface area (Å²) in [6, 6.07) is 11.1. The molecule has 2 rings (SSSR count). The quantitative estimate of drug-likeness (QED) is 0.906. The average Bonchev–Trinajstić information content (AvgIpc) is 2.48. The number of halogens is 1. The molecule has 0 aliphatic heterocycles. The van der Waals surface area contributed by atoms with E-state index in [1.807, 2.05) is 32.0 Å². The molecule has 0 radical (unpaired) electrons. The van der Waals surface area contributed by atoms with Gasteiger partial charge < -0.3 is 15.2 Å². The van der Waals surface area contributed by atoms with Crippen LogP contribution in [0, 0.1) is 13.8 Å². The minimum atomic E-state index is -0.190. The molecule has 0 aromatic heterocycles. The van der Waals surface area contributed by atoms with E-state index in [1.165, 1.54) is 0 Å². The van der Waals surface area contributed by atoms with E-state index in [0.29, 0.717) is 11.6 Å². The van der Waals surface area contributed by atoms with Gasteiger partial charge in [0.2, 0.25) is 0 Å². The molecule has 112 valence electrons. The highest BCUT2D eigenvalue weighted by atomic mass is 35.5. The number of hydrogen-bond donors (Lipinski definition) is 1. The SMILES string of the molecule is COc1cc(C)c(C(N)COc2ccc(Cl)cc2)cc1C.